The largest absolute Gasteiger partial charge is 0.503 e. The molecule has 11 heteroatoms. The molecule has 1 aliphatic heterocycles. The van der Waals surface area contributed by atoms with Crippen LogP contribution in [0.5, 0.6) is 11.5 Å². The number of aryl methyl sites for hydroxylation is 1. The van der Waals surface area contributed by atoms with Crippen LogP contribution in [0.15, 0.2) is 52.3 Å². The first-order valence-corrected chi connectivity index (χ1v) is 14.0. The van der Waals surface area contributed by atoms with Crippen molar-refractivity contribution < 1.29 is 38.1 Å². The van der Waals surface area contributed by atoms with E-state index in [0.29, 0.717) is 36.0 Å². The zero-order valence-corrected chi connectivity index (χ0v) is 23.7. The number of carbonyl (C=O) groups is 3. The molecule has 1 N–H and O–H groups in total. The molecule has 10 nitrogen and oxygen atoms in total. The highest BCUT2D eigenvalue weighted by Gasteiger charge is 2.47. The van der Waals surface area contributed by atoms with Crippen LogP contribution in [0.25, 0.3) is 0 Å². The normalized spacial score (nSPS) is 15.1. The molecular formula is C29H32N2O8S. The van der Waals surface area contributed by atoms with Crippen molar-refractivity contribution in [1.29, 1.82) is 0 Å². The Morgan fingerprint density at radius 1 is 1.10 bits per heavy atom. The van der Waals surface area contributed by atoms with Gasteiger partial charge in [-0.2, -0.15) is 0 Å². The van der Waals surface area contributed by atoms with E-state index in [2.05, 4.69) is 11.9 Å². The van der Waals surface area contributed by atoms with Gasteiger partial charge in [0.15, 0.2) is 28.1 Å². The molecule has 0 aliphatic carbocycles. The maximum absolute atomic E-state index is 13.5. The summed E-state index contributed by atoms with van der Waals surface area (Å²) in [6, 6.07) is 7.03. The van der Waals surface area contributed by atoms with Crippen LogP contribution in [0, 0.1) is 6.92 Å². The summed E-state index contributed by atoms with van der Waals surface area (Å²) in [6.07, 6.45) is 4.31. The Hall–Kier alpha value is -4.12. The van der Waals surface area contributed by atoms with Crippen molar-refractivity contribution in [1.82, 2.24) is 4.98 Å². The molecule has 2 aromatic heterocycles. The lowest BCUT2D eigenvalue weighted by atomic mass is 9.95. The van der Waals surface area contributed by atoms with Crippen LogP contribution in [-0.2, 0) is 9.53 Å². The Labute approximate surface area is 236 Å². The zero-order valence-electron chi connectivity index (χ0n) is 22.9. The van der Waals surface area contributed by atoms with E-state index < -0.39 is 29.5 Å². The van der Waals surface area contributed by atoms with Gasteiger partial charge >= 0.3 is 5.97 Å². The lowest BCUT2D eigenvalue weighted by Crippen LogP contribution is -2.31. The van der Waals surface area contributed by atoms with E-state index in [1.165, 1.54) is 17.2 Å². The quantitative estimate of drug-likeness (QED) is 0.151. The molecule has 3 heterocycles. The number of benzene rings is 1. The van der Waals surface area contributed by atoms with E-state index in [1.54, 1.807) is 38.1 Å². The minimum absolute atomic E-state index is 0.0374. The van der Waals surface area contributed by atoms with Gasteiger partial charge < -0.3 is 23.7 Å². The number of esters is 1. The van der Waals surface area contributed by atoms with Gasteiger partial charge in [-0.15, -0.1) is 0 Å². The number of aromatic nitrogens is 1. The topological polar surface area (TPSA) is 128 Å². The van der Waals surface area contributed by atoms with E-state index in [-0.39, 0.29) is 27.9 Å². The Kier molecular flexibility index (Phi) is 9.26. The maximum Gasteiger partial charge on any atom is 0.350 e. The number of ether oxygens (including phenoxy) is 3. The monoisotopic (exact) mass is 568 g/mol. The summed E-state index contributed by atoms with van der Waals surface area (Å²) in [5.41, 5.74) is 0.660. The van der Waals surface area contributed by atoms with E-state index in [1.807, 2.05) is 6.92 Å². The smallest absolute Gasteiger partial charge is 0.350 e. The summed E-state index contributed by atoms with van der Waals surface area (Å²) in [5, 5.41) is 11.1. The predicted octanol–water partition coefficient (Wildman–Crippen LogP) is 5.97. The fourth-order valence-electron chi connectivity index (χ4n) is 4.38. The highest BCUT2D eigenvalue weighted by Crippen LogP contribution is 2.45. The molecule has 0 bridgehead atoms. The molecule has 4 rings (SSSR count). The number of aliphatic hydroxyl groups excluding tert-OH is 1. The van der Waals surface area contributed by atoms with Crippen LogP contribution in [0.1, 0.15) is 77.6 Å². The molecule has 0 fully saturated rings. The summed E-state index contributed by atoms with van der Waals surface area (Å²) in [4.78, 5) is 45.4. The van der Waals surface area contributed by atoms with Gasteiger partial charge in [-0.05, 0) is 57.0 Å². The molecule has 0 saturated heterocycles. The maximum atomic E-state index is 13.5. The highest BCUT2D eigenvalue weighted by atomic mass is 32.1. The molecule has 1 aliphatic rings. The minimum atomic E-state index is -1.08. The number of amides is 1. The lowest BCUT2D eigenvalue weighted by molar-refractivity contribution is -0.117. The summed E-state index contributed by atoms with van der Waals surface area (Å²) in [7, 11) is 0. The fourth-order valence-corrected chi connectivity index (χ4v) is 5.37. The third-order valence-electron chi connectivity index (χ3n) is 6.24. The SMILES string of the molecule is CCCCCOc1ccc(C2C(C(=O)c3ccco3)=C(O)C(=O)N2c2nc(C)c(C(=O)OCC)s2)cc1OCC. The average Bonchev–Trinajstić information content (AvgIpc) is 3.66. The number of anilines is 1. The van der Waals surface area contributed by atoms with Crippen LogP contribution in [-0.4, -0.2) is 47.6 Å². The van der Waals surface area contributed by atoms with Gasteiger partial charge in [-0.3, -0.25) is 14.5 Å². The standard InChI is InChI=1S/C29H32N2O8S/c1-5-8-9-14-38-19-13-12-18(16-21(19)36-6-2)23-22(24(32)20-11-10-15-39-20)25(33)27(34)31(23)29-30-17(4)26(40-29)28(35)37-7-3/h10-13,15-16,23,33H,5-9,14H2,1-4H3. The Morgan fingerprint density at radius 2 is 1.90 bits per heavy atom. The zero-order chi connectivity index (χ0) is 28.8. The first kappa shape index (κ1) is 28.9. The average molecular weight is 569 g/mol. The summed E-state index contributed by atoms with van der Waals surface area (Å²) in [5.74, 6) is -1.86. The number of carbonyl (C=O) groups excluding carboxylic acids is 3. The number of Topliss-reactive ketones (excluding diaryl/α,β-unsaturated/α-hetero) is 1. The molecule has 0 radical (unpaired) electrons. The van der Waals surface area contributed by atoms with Crippen LogP contribution in [0.3, 0.4) is 0 Å². The number of nitrogens with zero attached hydrogens (tertiary/aromatic N) is 2. The molecule has 1 unspecified atom stereocenters. The summed E-state index contributed by atoms with van der Waals surface area (Å²) in [6.45, 7) is 8.31. The first-order valence-electron chi connectivity index (χ1n) is 13.2. The number of unbranched alkanes of at least 4 members (excludes halogenated alkanes) is 2. The second-order valence-corrected chi connectivity index (χ2v) is 9.95. The minimum Gasteiger partial charge on any atom is -0.503 e. The van der Waals surface area contributed by atoms with Crippen molar-refractivity contribution in [3.05, 3.63) is 69.8 Å². The van der Waals surface area contributed by atoms with Crippen LogP contribution in [0.2, 0.25) is 0 Å². The molecule has 1 atom stereocenters. The van der Waals surface area contributed by atoms with E-state index in [9.17, 15) is 19.5 Å². The number of ketones is 1. The van der Waals surface area contributed by atoms with Crippen molar-refractivity contribution >= 4 is 34.1 Å². The molecular weight excluding hydrogens is 536 g/mol. The third kappa shape index (κ3) is 5.74. The third-order valence-corrected chi connectivity index (χ3v) is 7.38. The summed E-state index contributed by atoms with van der Waals surface area (Å²) < 4.78 is 22.2. The van der Waals surface area contributed by atoms with Crippen LogP contribution >= 0.6 is 11.3 Å². The number of rotatable bonds is 13. The van der Waals surface area contributed by atoms with Crippen molar-refractivity contribution in [2.24, 2.45) is 0 Å². The number of thiazole rings is 1. The second kappa shape index (κ2) is 12.8. The van der Waals surface area contributed by atoms with E-state index >= 15 is 0 Å². The molecule has 3 aromatic rings. The van der Waals surface area contributed by atoms with Crippen molar-refractivity contribution in [3.63, 3.8) is 0 Å². The molecule has 0 spiro atoms. The van der Waals surface area contributed by atoms with Crippen LogP contribution < -0.4 is 14.4 Å². The second-order valence-electron chi connectivity index (χ2n) is 8.97. The predicted molar refractivity (Wildman–Crippen MR) is 148 cm³/mol. The fraction of sp³-hybridized carbons (Fsp3) is 0.379. The van der Waals surface area contributed by atoms with Gasteiger partial charge in [-0.25, -0.2) is 9.78 Å². The Bertz CT molecular complexity index is 1410. The number of hydrogen-bond donors (Lipinski definition) is 1. The lowest BCUT2D eigenvalue weighted by Gasteiger charge is -2.25. The van der Waals surface area contributed by atoms with Gasteiger partial charge in [0.05, 0.1) is 43.4 Å². The van der Waals surface area contributed by atoms with Gasteiger partial charge in [0.1, 0.15) is 4.88 Å². The highest BCUT2D eigenvalue weighted by molar-refractivity contribution is 7.17. The van der Waals surface area contributed by atoms with E-state index in [4.69, 9.17) is 18.6 Å². The molecule has 212 valence electrons. The Balaban J connectivity index is 1.81. The first-order chi connectivity index (χ1) is 19.3. The molecule has 1 aromatic carbocycles. The van der Waals surface area contributed by atoms with Gasteiger partial charge in [0.25, 0.3) is 5.91 Å². The van der Waals surface area contributed by atoms with Crippen molar-refractivity contribution in [3.8, 4) is 11.5 Å². The Morgan fingerprint density at radius 3 is 2.58 bits per heavy atom. The number of aliphatic hydroxyl groups is 1. The van der Waals surface area contributed by atoms with Gasteiger partial charge in [0, 0.05) is 0 Å². The van der Waals surface area contributed by atoms with Gasteiger partial charge in [-0.1, -0.05) is 37.2 Å². The number of hydrogen-bond acceptors (Lipinski definition) is 10. The van der Waals surface area contributed by atoms with E-state index in [0.717, 1.165) is 30.6 Å². The molecule has 1 amide bonds. The van der Waals surface area contributed by atoms with Crippen molar-refractivity contribution in [2.75, 3.05) is 24.7 Å². The number of furan rings is 1. The molecule has 40 heavy (non-hydrogen) atoms. The molecule has 0 saturated carbocycles. The van der Waals surface area contributed by atoms with Crippen molar-refractivity contribution in [2.45, 2.75) is 53.0 Å². The van der Waals surface area contributed by atoms with Crippen LogP contribution in [0.4, 0.5) is 5.13 Å². The summed E-state index contributed by atoms with van der Waals surface area (Å²) >= 11 is 0.945. The van der Waals surface area contributed by atoms with Gasteiger partial charge in [0.2, 0.25) is 5.78 Å².